The fourth-order valence-electron chi connectivity index (χ4n) is 5.30. The molecule has 0 aliphatic carbocycles. The summed E-state index contributed by atoms with van der Waals surface area (Å²) in [5.74, 6) is -2.81. The van der Waals surface area contributed by atoms with Gasteiger partial charge in [0.25, 0.3) is 0 Å². The summed E-state index contributed by atoms with van der Waals surface area (Å²) in [4.78, 5) is 26.6. The van der Waals surface area contributed by atoms with Crippen LogP contribution in [0.1, 0.15) is 54.0 Å². The van der Waals surface area contributed by atoms with E-state index in [0.29, 0.717) is 17.7 Å². The number of rotatable bonds is 5. The minimum Gasteiger partial charge on any atom is -0.469 e. The number of ether oxygens (including phenoxy) is 2. The van der Waals surface area contributed by atoms with Gasteiger partial charge in [0.05, 0.1) is 36.4 Å². The van der Waals surface area contributed by atoms with Crippen molar-refractivity contribution < 1.29 is 49.8 Å². The average Bonchev–Trinajstić information content (AvgIpc) is 3.21. The maximum Gasteiger partial charge on any atom is 0.416 e. The molecule has 4 rings (SSSR count). The summed E-state index contributed by atoms with van der Waals surface area (Å²) in [6, 6.07) is 6.02. The molecule has 206 valence electrons. The number of carbonyl (C=O) groups is 2. The highest BCUT2D eigenvalue weighted by molar-refractivity contribution is 5.85. The van der Waals surface area contributed by atoms with Gasteiger partial charge in [-0.2, -0.15) is 26.3 Å². The Kier molecular flexibility index (Phi) is 7.48. The summed E-state index contributed by atoms with van der Waals surface area (Å²) in [7, 11) is 1.20. The van der Waals surface area contributed by atoms with Crippen LogP contribution in [0.3, 0.4) is 0 Å². The number of amides is 1. The van der Waals surface area contributed by atoms with E-state index in [2.05, 4.69) is 0 Å². The fourth-order valence-corrected chi connectivity index (χ4v) is 5.30. The zero-order valence-electron chi connectivity index (χ0n) is 20.3. The lowest BCUT2D eigenvalue weighted by molar-refractivity contribution is -0.153. The second kappa shape index (κ2) is 10.2. The first kappa shape index (κ1) is 27.9. The maximum atomic E-state index is 13.6. The van der Waals surface area contributed by atoms with E-state index in [9.17, 15) is 40.3 Å². The third-order valence-corrected chi connectivity index (χ3v) is 7.11. The Morgan fingerprint density at radius 3 is 2.11 bits per heavy atom. The number of nitrogens with zero attached hydrogens (tertiary/aromatic N) is 1. The van der Waals surface area contributed by atoms with Crippen molar-refractivity contribution in [3.63, 3.8) is 0 Å². The van der Waals surface area contributed by atoms with E-state index < -0.39 is 65.4 Å². The third-order valence-electron chi connectivity index (χ3n) is 7.11. The Bertz CT molecular complexity index is 1160. The quantitative estimate of drug-likeness (QED) is 0.346. The van der Waals surface area contributed by atoms with Crippen molar-refractivity contribution in [3.8, 4) is 0 Å². The van der Waals surface area contributed by atoms with Gasteiger partial charge in [0.15, 0.2) is 0 Å². The molecule has 5 atom stereocenters. The van der Waals surface area contributed by atoms with Crippen molar-refractivity contribution in [1.29, 1.82) is 0 Å². The lowest BCUT2D eigenvalue weighted by atomic mass is 9.81. The minimum absolute atomic E-state index is 0.00509. The first-order chi connectivity index (χ1) is 17.7. The van der Waals surface area contributed by atoms with Gasteiger partial charge < -0.3 is 14.4 Å². The molecule has 2 unspecified atom stereocenters. The predicted molar refractivity (Wildman–Crippen MR) is 119 cm³/mol. The summed E-state index contributed by atoms with van der Waals surface area (Å²) in [5, 5.41) is 0. The van der Waals surface area contributed by atoms with E-state index in [1.807, 2.05) is 0 Å². The molecule has 2 heterocycles. The van der Waals surface area contributed by atoms with Gasteiger partial charge in [-0.1, -0.05) is 12.1 Å². The average molecular weight is 547 g/mol. The highest BCUT2D eigenvalue weighted by Gasteiger charge is 2.50. The van der Waals surface area contributed by atoms with Gasteiger partial charge in [-0.15, -0.1) is 0 Å². The summed E-state index contributed by atoms with van der Waals surface area (Å²) in [5.41, 5.74) is -2.72. The SMILES string of the molecule is COC(=O)C1CC(=O)N2C[C@H](O[C@H](C)c3cc(C(F)(F)F)cc(C(F)(F)F)c3)C(c3ccc(F)cc3)[C@@H]2C1. The Labute approximate surface area is 213 Å². The van der Waals surface area contributed by atoms with Crippen LogP contribution in [-0.2, 0) is 31.4 Å². The molecule has 38 heavy (non-hydrogen) atoms. The standard InChI is InChI=1S/C26H24F7NO4/c1-13(15-7-17(25(28,29)30)11-18(8-15)26(31,32)33)38-21-12-34-20(9-16(10-22(34)35)24(36)37-2)23(21)14-3-5-19(27)6-4-14/h3-8,11,13,16,20-21,23H,9-10,12H2,1-2H3/t13-,16?,20+,21+,23?/m1/s1. The number of benzene rings is 2. The molecule has 2 aliphatic rings. The Hall–Kier alpha value is -3.15. The monoisotopic (exact) mass is 547 g/mol. The molecular weight excluding hydrogens is 523 g/mol. The molecule has 2 fully saturated rings. The molecule has 0 bridgehead atoms. The number of alkyl halides is 6. The first-order valence-corrected chi connectivity index (χ1v) is 11.8. The van der Waals surface area contributed by atoms with Crippen molar-refractivity contribution in [2.24, 2.45) is 5.92 Å². The topological polar surface area (TPSA) is 55.8 Å². The van der Waals surface area contributed by atoms with E-state index in [-0.39, 0.29) is 36.9 Å². The fraction of sp³-hybridized carbons (Fsp3) is 0.462. The van der Waals surface area contributed by atoms with E-state index in [0.717, 1.165) is 0 Å². The molecule has 2 aromatic rings. The van der Waals surface area contributed by atoms with Crippen molar-refractivity contribution in [1.82, 2.24) is 4.90 Å². The molecule has 0 aromatic heterocycles. The van der Waals surface area contributed by atoms with Gasteiger partial charge >= 0.3 is 18.3 Å². The lowest BCUT2D eigenvalue weighted by Gasteiger charge is -2.35. The van der Waals surface area contributed by atoms with Crippen LogP contribution in [0.5, 0.6) is 0 Å². The lowest BCUT2D eigenvalue weighted by Crippen LogP contribution is -2.46. The first-order valence-electron chi connectivity index (χ1n) is 11.8. The summed E-state index contributed by atoms with van der Waals surface area (Å²) in [6.45, 7) is 1.32. The zero-order valence-corrected chi connectivity index (χ0v) is 20.3. The normalized spacial score (nSPS) is 24.8. The maximum absolute atomic E-state index is 13.6. The van der Waals surface area contributed by atoms with Crippen molar-refractivity contribution in [3.05, 3.63) is 70.5 Å². The zero-order chi connectivity index (χ0) is 28.0. The van der Waals surface area contributed by atoms with Crippen LogP contribution in [0.2, 0.25) is 0 Å². The highest BCUT2D eigenvalue weighted by atomic mass is 19.4. The molecule has 1 amide bonds. The van der Waals surface area contributed by atoms with Gasteiger partial charge in [0.2, 0.25) is 5.91 Å². The molecule has 0 radical (unpaired) electrons. The number of piperidine rings is 1. The number of fused-ring (bicyclic) bond motifs is 1. The van der Waals surface area contributed by atoms with E-state index >= 15 is 0 Å². The summed E-state index contributed by atoms with van der Waals surface area (Å²) >= 11 is 0. The number of hydrogen-bond acceptors (Lipinski definition) is 4. The molecule has 5 nitrogen and oxygen atoms in total. The van der Waals surface area contributed by atoms with Crippen molar-refractivity contribution >= 4 is 11.9 Å². The van der Waals surface area contributed by atoms with E-state index in [1.54, 1.807) is 0 Å². The van der Waals surface area contributed by atoms with Crippen LogP contribution >= 0.6 is 0 Å². The van der Waals surface area contributed by atoms with E-state index in [1.165, 1.54) is 43.2 Å². The summed E-state index contributed by atoms with van der Waals surface area (Å²) < 4.78 is 105. The second-order valence-electron chi connectivity index (χ2n) is 9.51. The van der Waals surface area contributed by atoms with Crippen molar-refractivity contribution in [2.75, 3.05) is 13.7 Å². The largest absolute Gasteiger partial charge is 0.469 e. The van der Waals surface area contributed by atoms with Gasteiger partial charge in [-0.3, -0.25) is 9.59 Å². The second-order valence-corrected chi connectivity index (χ2v) is 9.51. The molecule has 2 saturated heterocycles. The van der Waals surface area contributed by atoms with Crippen LogP contribution in [0.4, 0.5) is 30.7 Å². The van der Waals surface area contributed by atoms with Crippen LogP contribution in [0.25, 0.3) is 0 Å². The minimum atomic E-state index is -5.02. The number of hydrogen-bond donors (Lipinski definition) is 0. The van der Waals surface area contributed by atoms with Gasteiger partial charge in [-0.25, -0.2) is 4.39 Å². The third kappa shape index (κ3) is 5.64. The van der Waals surface area contributed by atoms with Crippen LogP contribution in [-0.4, -0.2) is 42.6 Å². The number of esters is 1. The van der Waals surface area contributed by atoms with Crippen LogP contribution < -0.4 is 0 Å². The highest BCUT2D eigenvalue weighted by Crippen LogP contribution is 2.45. The van der Waals surface area contributed by atoms with Crippen LogP contribution in [0.15, 0.2) is 42.5 Å². The Balaban J connectivity index is 1.69. The molecule has 2 aromatic carbocycles. The number of methoxy groups -OCH3 is 1. The van der Waals surface area contributed by atoms with Gasteiger partial charge in [0, 0.05) is 24.9 Å². The van der Waals surface area contributed by atoms with E-state index in [4.69, 9.17) is 9.47 Å². The smallest absolute Gasteiger partial charge is 0.416 e. The molecule has 2 aliphatic heterocycles. The molecule has 12 heteroatoms. The van der Waals surface area contributed by atoms with Gasteiger partial charge in [-0.05, 0) is 54.8 Å². The number of carbonyl (C=O) groups excluding carboxylic acids is 2. The summed E-state index contributed by atoms with van der Waals surface area (Å²) in [6.07, 6.45) is -12.0. The molecular formula is C26H24F7NO4. The Morgan fingerprint density at radius 1 is 1.00 bits per heavy atom. The Morgan fingerprint density at radius 2 is 1.58 bits per heavy atom. The molecule has 0 saturated carbocycles. The molecule has 0 N–H and O–H groups in total. The van der Waals surface area contributed by atoms with Gasteiger partial charge in [0.1, 0.15) is 5.82 Å². The van der Waals surface area contributed by atoms with Crippen LogP contribution in [0, 0.1) is 11.7 Å². The van der Waals surface area contributed by atoms with Crippen molar-refractivity contribution in [2.45, 2.75) is 56.3 Å². The number of halogens is 7. The predicted octanol–water partition coefficient (Wildman–Crippen LogP) is 5.89. The molecule has 0 spiro atoms.